The maximum absolute atomic E-state index is 11.4. The highest BCUT2D eigenvalue weighted by molar-refractivity contribution is 5.84. The lowest BCUT2D eigenvalue weighted by atomic mass is 10.1. The number of carbonyl (C=O) groups is 1. The van der Waals surface area contributed by atoms with Gasteiger partial charge in [-0.2, -0.15) is 0 Å². The molecule has 4 N–H and O–H groups in total. The smallest absolute Gasteiger partial charge is 0.250 e. The molecule has 1 amide bonds. The minimum absolute atomic E-state index is 0.0555. The number of carbonyl (C=O) groups excluding carboxylic acids is 1. The van der Waals surface area contributed by atoms with Crippen LogP contribution < -0.4 is 11.1 Å². The van der Waals surface area contributed by atoms with Gasteiger partial charge in [-0.25, -0.2) is 0 Å². The van der Waals surface area contributed by atoms with Crippen LogP contribution in [0.5, 0.6) is 0 Å². The number of para-hydroxylation sites is 1. The number of nitrogens with one attached hydrogen (secondary N) is 1. The van der Waals surface area contributed by atoms with Crippen LogP contribution in [0, 0.1) is 0 Å². The number of hydrogen-bond donors (Lipinski definition) is 3. The van der Waals surface area contributed by atoms with Gasteiger partial charge in [0.05, 0.1) is 0 Å². The van der Waals surface area contributed by atoms with Crippen molar-refractivity contribution >= 4 is 16.8 Å². The standard InChI is InChI=1S/C14H19N3O2/c1-17-9-10(11-4-2-3-5-12(11)17)6-7-16-14(19)13(18)8-15/h2-5,9,13,18H,6-8,15H2,1H3,(H,16,19). The Bertz CT molecular complexity index is 577. The number of amides is 1. The zero-order chi connectivity index (χ0) is 13.8. The molecule has 0 aliphatic rings. The van der Waals surface area contributed by atoms with Gasteiger partial charge in [0.15, 0.2) is 0 Å². The van der Waals surface area contributed by atoms with Crippen molar-refractivity contribution in [1.29, 1.82) is 0 Å². The lowest BCUT2D eigenvalue weighted by molar-refractivity contribution is -0.128. The second-order valence-corrected chi connectivity index (χ2v) is 4.57. The number of rotatable bonds is 5. The molecule has 2 aromatic rings. The number of benzene rings is 1. The summed E-state index contributed by atoms with van der Waals surface area (Å²) in [6.45, 7) is 0.435. The molecule has 5 nitrogen and oxygen atoms in total. The predicted octanol–water partition coefficient (Wildman–Crippen LogP) is 0.157. The second-order valence-electron chi connectivity index (χ2n) is 4.57. The maximum Gasteiger partial charge on any atom is 0.250 e. The first-order chi connectivity index (χ1) is 9.13. The van der Waals surface area contributed by atoms with Crippen molar-refractivity contribution in [3.05, 3.63) is 36.0 Å². The third-order valence-corrected chi connectivity index (χ3v) is 3.20. The van der Waals surface area contributed by atoms with E-state index in [1.165, 1.54) is 16.5 Å². The summed E-state index contributed by atoms with van der Waals surface area (Å²) in [4.78, 5) is 11.4. The molecule has 1 aromatic carbocycles. The lowest BCUT2D eigenvalue weighted by Gasteiger charge is -2.08. The Kier molecular flexibility index (Phi) is 4.19. The first-order valence-corrected chi connectivity index (χ1v) is 6.32. The monoisotopic (exact) mass is 261 g/mol. The molecule has 1 atom stereocenters. The van der Waals surface area contributed by atoms with E-state index in [0.29, 0.717) is 6.54 Å². The SMILES string of the molecule is Cn1cc(CCNC(=O)C(O)CN)c2ccccc21. The fourth-order valence-electron chi connectivity index (χ4n) is 2.17. The van der Waals surface area contributed by atoms with Crippen molar-refractivity contribution in [1.82, 2.24) is 9.88 Å². The first kappa shape index (κ1) is 13.6. The van der Waals surface area contributed by atoms with E-state index in [2.05, 4.69) is 28.2 Å². The van der Waals surface area contributed by atoms with Gasteiger partial charge in [0.1, 0.15) is 6.10 Å². The zero-order valence-corrected chi connectivity index (χ0v) is 11.0. The maximum atomic E-state index is 11.4. The fourth-order valence-corrected chi connectivity index (χ4v) is 2.17. The van der Waals surface area contributed by atoms with E-state index in [-0.39, 0.29) is 6.54 Å². The van der Waals surface area contributed by atoms with Gasteiger partial charge in [-0.1, -0.05) is 18.2 Å². The van der Waals surface area contributed by atoms with Gasteiger partial charge < -0.3 is 20.7 Å². The molecule has 1 unspecified atom stereocenters. The number of nitrogens with zero attached hydrogens (tertiary/aromatic N) is 1. The highest BCUT2D eigenvalue weighted by Gasteiger charge is 2.12. The molecule has 0 bridgehead atoms. The van der Waals surface area contributed by atoms with Crippen molar-refractivity contribution in [2.75, 3.05) is 13.1 Å². The van der Waals surface area contributed by atoms with Crippen LogP contribution in [0.2, 0.25) is 0 Å². The normalized spacial score (nSPS) is 12.6. The fraction of sp³-hybridized carbons (Fsp3) is 0.357. The molecule has 1 aromatic heterocycles. The molecule has 0 saturated carbocycles. The Morgan fingerprint density at radius 1 is 1.47 bits per heavy atom. The summed E-state index contributed by atoms with van der Waals surface area (Å²) in [5, 5.41) is 13.1. The number of fused-ring (bicyclic) bond motifs is 1. The van der Waals surface area contributed by atoms with E-state index in [1.54, 1.807) is 0 Å². The summed E-state index contributed by atoms with van der Waals surface area (Å²) < 4.78 is 2.07. The van der Waals surface area contributed by atoms with E-state index in [9.17, 15) is 9.90 Å². The number of hydrogen-bond acceptors (Lipinski definition) is 3. The highest BCUT2D eigenvalue weighted by Crippen LogP contribution is 2.20. The van der Waals surface area contributed by atoms with Gasteiger partial charge in [0.25, 0.3) is 0 Å². The molecule has 0 aliphatic carbocycles. The van der Waals surface area contributed by atoms with Crippen LogP contribution in [0.25, 0.3) is 10.9 Å². The highest BCUT2D eigenvalue weighted by atomic mass is 16.3. The largest absolute Gasteiger partial charge is 0.382 e. The van der Waals surface area contributed by atoms with Crippen molar-refractivity contribution in [2.24, 2.45) is 12.8 Å². The molecule has 1 heterocycles. The van der Waals surface area contributed by atoms with Gasteiger partial charge in [-0.15, -0.1) is 0 Å². The third-order valence-electron chi connectivity index (χ3n) is 3.20. The van der Waals surface area contributed by atoms with E-state index in [0.717, 1.165) is 6.42 Å². The molecule has 0 saturated heterocycles. The first-order valence-electron chi connectivity index (χ1n) is 6.32. The zero-order valence-electron chi connectivity index (χ0n) is 11.0. The molecular weight excluding hydrogens is 242 g/mol. The number of nitrogens with two attached hydrogens (primary N) is 1. The van der Waals surface area contributed by atoms with Crippen LogP contribution in [0.15, 0.2) is 30.5 Å². The summed E-state index contributed by atoms with van der Waals surface area (Å²) >= 11 is 0. The molecule has 0 spiro atoms. The predicted molar refractivity (Wildman–Crippen MR) is 74.7 cm³/mol. The topological polar surface area (TPSA) is 80.3 Å². The van der Waals surface area contributed by atoms with E-state index in [1.807, 2.05) is 19.2 Å². The minimum Gasteiger partial charge on any atom is -0.382 e. The minimum atomic E-state index is -1.12. The summed E-state index contributed by atoms with van der Waals surface area (Å²) in [6, 6.07) is 8.14. The van der Waals surface area contributed by atoms with Crippen LogP contribution in [0.3, 0.4) is 0 Å². The van der Waals surface area contributed by atoms with Gasteiger partial charge in [0, 0.05) is 37.2 Å². The van der Waals surface area contributed by atoms with Crippen molar-refractivity contribution in [2.45, 2.75) is 12.5 Å². The van der Waals surface area contributed by atoms with Crippen LogP contribution in [0.4, 0.5) is 0 Å². The van der Waals surface area contributed by atoms with E-state index >= 15 is 0 Å². The quantitative estimate of drug-likeness (QED) is 0.717. The van der Waals surface area contributed by atoms with Gasteiger partial charge in [-0.05, 0) is 18.1 Å². The molecule has 0 aliphatic heterocycles. The number of aliphatic hydroxyl groups is 1. The van der Waals surface area contributed by atoms with Crippen molar-refractivity contribution in [3.63, 3.8) is 0 Å². The van der Waals surface area contributed by atoms with Gasteiger partial charge >= 0.3 is 0 Å². The average Bonchev–Trinajstić information content (AvgIpc) is 2.75. The molecule has 102 valence electrons. The van der Waals surface area contributed by atoms with Crippen LogP contribution in [-0.2, 0) is 18.3 Å². The molecule has 19 heavy (non-hydrogen) atoms. The number of aromatic nitrogens is 1. The van der Waals surface area contributed by atoms with Crippen LogP contribution in [0.1, 0.15) is 5.56 Å². The summed E-state index contributed by atoms with van der Waals surface area (Å²) in [5.41, 5.74) is 7.57. The van der Waals surface area contributed by atoms with E-state index < -0.39 is 12.0 Å². The Morgan fingerprint density at radius 2 is 2.21 bits per heavy atom. The molecule has 0 radical (unpaired) electrons. The molecule has 2 rings (SSSR count). The van der Waals surface area contributed by atoms with Crippen LogP contribution in [-0.4, -0.2) is 34.8 Å². The second kappa shape index (κ2) is 5.86. The van der Waals surface area contributed by atoms with Crippen LogP contribution >= 0.6 is 0 Å². The Balaban J connectivity index is 2.01. The average molecular weight is 261 g/mol. The number of aliphatic hydroxyl groups excluding tert-OH is 1. The van der Waals surface area contributed by atoms with Crippen molar-refractivity contribution in [3.8, 4) is 0 Å². The lowest BCUT2D eigenvalue weighted by Crippen LogP contribution is -2.39. The van der Waals surface area contributed by atoms with Crippen molar-refractivity contribution < 1.29 is 9.90 Å². The summed E-state index contributed by atoms with van der Waals surface area (Å²) in [7, 11) is 2.00. The Labute approximate surface area is 112 Å². The molecule has 5 heteroatoms. The number of aryl methyl sites for hydroxylation is 1. The van der Waals surface area contributed by atoms with E-state index in [4.69, 9.17) is 5.73 Å². The summed E-state index contributed by atoms with van der Waals surface area (Å²) in [5.74, 6) is -0.414. The molecular formula is C14H19N3O2. The summed E-state index contributed by atoms with van der Waals surface area (Å²) in [6.07, 6.45) is 1.67. The van der Waals surface area contributed by atoms with Gasteiger partial charge in [0.2, 0.25) is 5.91 Å². The Morgan fingerprint density at radius 3 is 2.95 bits per heavy atom. The molecule has 0 fully saturated rings. The van der Waals surface area contributed by atoms with Gasteiger partial charge in [-0.3, -0.25) is 4.79 Å². The Hall–Kier alpha value is -1.85. The third kappa shape index (κ3) is 2.94.